The summed E-state index contributed by atoms with van der Waals surface area (Å²) in [4.78, 5) is 15.8. The van der Waals surface area contributed by atoms with E-state index < -0.39 is 5.60 Å². The summed E-state index contributed by atoms with van der Waals surface area (Å²) in [5, 5.41) is 0. The van der Waals surface area contributed by atoms with Crippen LogP contribution in [0.4, 0.5) is 0 Å². The predicted octanol–water partition coefficient (Wildman–Crippen LogP) is 3.11. The van der Waals surface area contributed by atoms with Gasteiger partial charge in [-0.3, -0.25) is 9.78 Å². The number of hydrogen-bond acceptors (Lipinski definition) is 4. The minimum Gasteiger partial charge on any atom is -0.481 e. The van der Waals surface area contributed by atoms with Gasteiger partial charge in [0.05, 0.1) is 19.2 Å². The lowest BCUT2D eigenvalue weighted by molar-refractivity contribution is -0.139. The Bertz CT molecular complexity index is 608. The van der Waals surface area contributed by atoms with Crippen molar-refractivity contribution in [1.29, 1.82) is 0 Å². The normalized spacial score (nSPS) is 11.0. The number of carbonyl (C=O) groups is 1. The topological polar surface area (TPSA) is 48.4 Å². The second-order valence-corrected chi connectivity index (χ2v) is 5.19. The molecule has 0 aliphatic rings. The summed E-state index contributed by atoms with van der Waals surface area (Å²) in [7, 11) is 1.38. The van der Waals surface area contributed by atoms with Crippen molar-refractivity contribution in [3.05, 3.63) is 59.9 Å². The number of methoxy groups -OCH3 is 1. The van der Waals surface area contributed by atoms with E-state index in [0.29, 0.717) is 5.75 Å². The summed E-state index contributed by atoms with van der Waals surface area (Å²) in [5.41, 5.74) is 1.04. The van der Waals surface area contributed by atoms with Gasteiger partial charge < -0.3 is 9.47 Å². The van der Waals surface area contributed by atoms with Crippen LogP contribution in [-0.2, 0) is 21.6 Å². The minimum absolute atomic E-state index is 0.185. The van der Waals surface area contributed by atoms with Crippen LogP contribution in [0.1, 0.15) is 25.1 Å². The third-order valence-corrected chi connectivity index (χ3v) is 3.18. The molecule has 0 unspecified atom stereocenters. The minimum atomic E-state index is -0.590. The SMILES string of the molecule is COC(=O)Cc1ccccc1OC(C)(C)c1ccccn1. The maximum Gasteiger partial charge on any atom is 0.310 e. The number of pyridine rings is 1. The summed E-state index contributed by atoms with van der Waals surface area (Å²) in [6, 6.07) is 13.2. The van der Waals surface area contributed by atoms with Gasteiger partial charge in [0.2, 0.25) is 0 Å². The summed E-state index contributed by atoms with van der Waals surface area (Å²) in [6.45, 7) is 3.90. The van der Waals surface area contributed by atoms with E-state index in [1.807, 2.05) is 56.3 Å². The fourth-order valence-corrected chi connectivity index (χ4v) is 2.02. The van der Waals surface area contributed by atoms with Crippen molar-refractivity contribution in [2.75, 3.05) is 7.11 Å². The van der Waals surface area contributed by atoms with E-state index in [9.17, 15) is 4.79 Å². The van der Waals surface area contributed by atoms with E-state index in [-0.39, 0.29) is 12.4 Å². The van der Waals surface area contributed by atoms with Crippen LogP contribution in [0.25, 0.3) is 0 Å². The highest BCUT2D eigenvalue weighted by Crippen LogP contribution is 2.29. The Balaban J connectivity index is 2.25. The van der Waals surface area contributed by atoms with Crippen LogP contribution in [0.2, 0.25) is 0 Å². The van der Waals surface area contributed by atoms with Crippen LogP contribution in [0.15, 0.2) is 48.7 Å². The van der Waals surface area contributed by atoms with E-state index in [1.54, 1.807) is 6.20 Å². The summed E-state index contributed by atoms with van der Waals surface area (Å²) in [6.07, 6.45) is 1.92. The van der Waals surface area contributed by atoms with Gasteiger partial charge in [-0.05, 0) is 32.0 Å². The molecule has 4 heteroatoms. The Hall–Kier alpha value is -2.36. The number of rotatable bonds is 5. The predicted molar refractivity (Wildman–Crippen MR) is 80.1 cm³/mol. The first-order valence-corrected chi connectivity index (χ1v) is 6.78. The average Bonchev–Trinajstić information content (AvgIpc) is 2.50. The quantitative estimate of drug-likeness (QED) is 0.792. The van der Waals surface area contributed by atoms with Crippen LogP contribution >= 0.6 is 0 Å². The van der Waals surface area contributed by atoms with E-state index in [1.165, 1.54) is 7.11 Å². The molecule has 1 heterocycles. The van der Waals surface area contributed by atoms with Gasteiger partial charge in [-0.25, -0.2) is 0 Å². The standard InChI is InChI=1S/C17H19NO3/c1-17(2,15-10-6-7-11-18-15)21-14-9-5-4-8-13(14)12-16(19)20-3/h4-11H,12H2,1-3H3. The molecule has 0 fully saturated rings. The molecule has 110 valence electrons. The van der Waals surface area contributed by atoms with Crippen molar-refractivity contribution < 1.29 is 14.3 Å². The van der Waals surface area contributed by atoms with Crippen molar-refractivity contribution in [3.63, 3.8) is 0 Å². The van der Waals surface area contributed by atoms with Crippen LogP contribution in [0.3, 0.4) is 0 Å². The van der Waals surface area contributed by atoms with Crippen LogP contribution < -0.4 is 4.74 Å². The number of hydrogen-bond donors (Lipinski definition) is 0. The number of ether oxygens (including phenoxy) is 2. The molecule has 0 bridgehead atoms. The molecule has 1 aromatic carbocycles. The highest BCUT2D eigenvalue weighted by Gasteiger charge is 2.25. The molecule has 0 atom stereocenters. The van der Waals surface area contributed by atoms with Crippen molar-refractivity contribution in [2.45, 2.75) is 25.9 Å². The van der Waals surface area contributed by atoms with Gasteiger partial charge in [0.1, 0.15) is 11.4 Å². The molecular formula is C17H19NO3. The van der Waals surface area contributed by atoms with Gasteiger partial charge in [-0.15, -0.1) is 0 Å². The average molecular weight is 285 g/mol. The molecule has 4 nitrogen and oxygen atoms in total. The van der Waals surface area contributed by atoms with Crippen LogP contribution in [0, 0.1) is 0 Å². The lowest BCUT2D eigenvalue weighted by atomic mass is 10.0. The molecule has 0 N–H and O–H groups in total. The second kappa shape index (κ2) is 6.39. The van der Waals surface area contributed by atoms with E-state index in [2.05, 4.69) is 4.98 Å². The fourth-order valence-electron chi connectivity index (χ4n) is 2.02. The number of para-hydroxylation sites is 1. The zero-order chi connectivity index (χ0) is 15.3. The first kappa shape index (κ1) is 15.0. The molecule has 0 radical (unpaired) electrons. The van der Waals surface area contributed by atoms with Gasteiger partial charge in [0.25, 0.3) is 0 Å². The molecule has 2 rings (SSSR count). The molecule has 0 amide bonds. The van der Waals surface area contributed by atoms with Gasteiger partial charge in [-0.1, -0.05) is 24.3 Å². The first-order valence-electron chi connectivity index (χ1n) is 6.78. The Morgan fingerprint density at radius 2 is 1.86 bits per heavy atom. The summed E-state index contributed by atoms with van der Waals surface area (Å²) >= 11 is 0. The summed E-state index contributed by atoms with van der Waals surface area (Å²) < 4.78 is 10.8. The molecule has 0 saturated carbocycles. The maximum absolute atomic E-state index is 11.5. The van der Waals surface area contributed by atoms with E-state index >= 15 is 0 Å². The van der Waals surface area contributed by atoms with Crippen LogP contribution in [0.5, 0.6) is 5.75 Å². The molecule has 21 heavy (non-hydrogen) atoms. The molecule has 0 spiro atoms. The number of nitrogens with zero attached hydrogens (tertiary/aromatic N) is 1. The zero-order valence-corrected chi connectivity index (χ0v) is 12.5. The largest absolute Gasteiger partial charge is 0.481 e. The van der Waals surface area contributed by atoms with Gasteiger partial charge in [-0.2, -0.15) is 0 Å². The van der Waals surface area contributed by atoms with Crippen molar-refractivity contribution in [2.24, 2.45) is 0 Å². The van der Waals surface area contributed by atoms with Crippen LogP contribution in [-0.4, -0.2) is 18.1 Å². The number of esters is 1. The summed E-state index contributed by atoms with van der Waals surface area (Å²) in [5.74, 6) is 0.375. The van der Waals surface area contributed by atoms with Crippen molar-refractivity contribution >= 4 is 5.97 Å². The number of aromatic nitrogens is 1. The molecule has 0 saturated heterocycles. The maximum atomic E-state index is 11.5. The Labute approximate surface area is 124 Å². The van der Waals surface area contributed by atoms with Crippen molar-refractivity contribution in [3.8, 4) is 5.75 Å². The zero-order valence-electron chi connectivity index (χ0n) is 12.5. The lowest BCUT2D eigenvalue weighted by Crippen LogP contribution is -2.27. The Kier molecular flexibility index (Phi) is 4.58. The molecule has 2 aromatic rings. The monoisotopic (exact) mass is 285 g/mol. The molecular weight excluding hydrogens is 266 g/mol. The third-order valence-electron chi connectivity index (χ3n) is 3.18. The highest BCUT2D eigenvalue weighted by atomic mass is 16.5. The lowest BCUT2D eigenvalue weighted by Gasteiger charge is -2.27. The van der Waals surface area contributed by atoms with Gasteiger partial charge in [0.15, 0.2) is 0 Å². The smallest absolute Gasteiger partial charge is 0.310 e. The number of benzene rings is 1. The Morgan fingerprint density at radius 1 is 1.14 bits per heavy atom. The molecule has 0 aliphatic heterocycles. The Morgan fingerprint density at radius 3 is 2.52 bits per heavy atom. The first-order chi connectivity index (χ1) is 10.0. The van der Waals surface area contributed by atoms with E-state index in [0.717, 1.165) is 11.3 Å². The number of carbonyl (C=O) groups excluding carboxylic acids is 1. The second-order valence-electron chi connectivity index (χ2n) is 5.19. The van der Waals surface area contributed by atoms with Crippen molar-refractivity contribution in [1.82, 2.24) is 4.98 Å². The molecule has 0 aliphatic carbocycles. The third kappa shape index (κ3) is 3.81. The molecule has 1 aromatic heterocycles. The fraction of sp³-hybridized carbons (Fsp3) is 0.294. The highest BCUT2D eigenvalue weighted by molar-refractivity contribution is 5.73. The van der Waals surface area contributed by atoms with E-state index in [4.69, 9.17) is 9.47 Å². The van der Waals surface area contributed by atoms with Gasteiger partial charge >= 0.3 is 5.97 Å². The van der Waals surface area contributed by atoms with Gasteiger partial charge in [0, 0.05) is 11.8 Å².